The SMILES string of the molecule is CCCCN=Cc1ccccc1C1C=C(C)C(C)=C1C. The lowest BCUT2D eigenvalue weighted by atomic mass is 9.90. The molecule has 2 rings (SSSR count). The summed E-state index contributed by atoms with van der Waals surface area (Å²) in [7, 11) is 0. The van der Waals surface area contributed by atoms with E-state index < -0.39 is 0 Å². The van der Waals surface area contributed by atoms with Crippen LogP contribution in [0.2, 0.25) is 0 Å². The first-order valence-corrected chi connectivity index (χ1v) is 7.60. The van der Waals surface area contributed by atoms with Gasteiger partial charge in [-0.15, -0.1) is 0 Å². The molecule has 1 nitrogen and oxygen atoms in total. The Morgan fingerprint density at radius 2 is 1.90 bits per heavy atom. The fraction of sp³-hybridized carbons (Fsp3) is 0.421. The van der Waals surface area contributed by atoms with Crippen molar-refractivity contribution in [2.75, 3.05) is 6.54 Å². The maximum absolute atomic E-state index is 4.56. The Kier molecular flexibility index (Phi) is 4.94. The van der Waals surface area contributed by atoms with Gasteiger partial charge in [0.2, 0.25) is 0 Å². The van der Waals surface area contributed by atoms with Crippen LogP contribution in [0.5, 0.6) is 0 Å². The predicted molar refractivity (Wildman–Crippen MR) is 88.7 cm³/mol. The first-order chi connectivity index (χ1) is 9.65. The van der Waals surface area contributed by atoms with Gasteiger partial charge in [0.25, 0.3) is 0 Å². The molecule has 1 aromatic rings. The van der Waals surface area contributed by atoms with Crippen LogP contribution in [0.1, 0.15) is 57.6 Å². The molecule has 1 aromatic carbocycles. The van der Waals surface area contributed by atoms with Crippen LogP contribution in [0, 0.1) is 0 Å². The molecular weight excluding hydrogens is 242 g/mol. The minimum Gasteiger partial charge on any atom is -0.293 e. The maximum Gasteiger partial charge on any atom is 0.0389 e. The van der Waals surface area contributed by atoms with Crippen molar-refractivity contribution in [3.8, 4) is 0 Å². The van der Waals surface area contributed by atoms with Crippen molar-refractivity contribution >= 4 is 6.21 Å². The highest BCUT2D eigenvalue weighted by molar-refractivity contribution is 5.82. The third kappa shape index (κ3) is 3.09. The summed E-state index contributed by atoms with van der Waals surface area (Å²) >= 11 is 0. The van der Waals surface area contributed by atoms with E-state index in [9.17, 15) is 0 Å². The van der Waals surface area contributed by atoms with Gasteiger partial charge >= 0.3 is 0 Å². The van der Waals surface area contributed by atoms with Gasteiger partial charge in [0.15, 0.2) is 0 Å². The Morgan fingerprint density at radius 1 is 1.15 bits per heavy atom. The van der Waals surface area contributed by atoms with Crippen LogP contribution in [0.3, 0.4) is 0 Å². The molecule has 0 fully saturated rings. The largest absolute Gasteiger partial charge is 0.293 e. The standard InChI is InChI=1S/C19H25N/c1-5-6-11-20-13-17-9-7-8-10-18(17)19-12-14(2)15(3)16(19)4/h7-10,12-13,19H,5-6,11H2,1-4H3. The number of rotatable bonds is 5. The molecule has 0 radical (unpaired) electrons. The van der Waals surface area contributed by atoms with E-state index in [4.69, 9.17) is 0 Å². The van der Waals surface area contributed by atoms with Crippen molar-refractivity contribution in [2.45, 2.75) is 46.5 Å². The molecule has 20 heavy (non-hydrogen) atoms. The molecule has 0 heterocycles. The molecule has 0 aromatic heterocycles. The molecule has 1 heteroatoms. The van der Waals surface area contributed by atoms with Gasteiger partial charge < -0.3 is 0 Å². The number of hydrogen-bond acceptors (Lipinski definition) is 1. The van der Waals surface area contributed by atoms with E-state index in [1.54, 1.807) is 0 Å². The van der Waals surface area contributed by atoms with E-state index in [1.807, 2.05) is 0 Å². The summed E-state index contributed by atoms with van der Waals surface area (Å²) < 4.78 is 0. The quantitative estimate of drug-likeness (QED) is 0.508. The van der Waals surface area contributed by atoms with Crippen LogP contribution >= 0.6 is 0 Å². The zero-order valence-electron chi connectivity index (χ0n) is 13.1. The number of unbranched alkanes of at least 4 members (excludes halogenated alkanes) is 1. The van der Waals surface area contributed by atoms with E-state index in [0.29, 0.717) is 5.92 Å². The molecule has 1 atom stereocenters. The Hall–Kier alpha value is -1.63. The molecule has 1 unspecified atom stereocenters. The molecule has 0 saturated heterocycles. The molecule has 106 valence electrons. The Labute approximate surface area is 123 Å². The topological polar surface area (TPSA) is 12.4 Å². The number of nitrogens with zero attached hydrogens (tertiary/aromatic N) is 1. The fourth-order valence-electron chi connectivity index (χ4n) is 2.69. The number of allylic oxidation sites excluding steroid dienone is 4. The zero-order chi connectivity index (χ0) is 14.5. The lowest BCUT2D eigenvalue weighted by Gasteiger charge is -2.14. The van der Waals surface area contributed by atoms with Gasteiger partial charge in [-0.25, -0.2) is 0 Å². The number of hydrogen-bond donors (Lipinski definition) is 0. The fourth-order valence-corrected chi connectivity index (χ4v) is 2.69. The highest BCUT2D eigenvalue weighted by Gasteiger charge is 2.21. The summed E-state index contributed by atoms with van der Waals surface area (Å²) in [5.41, 5.74) is 6.95. The molecule has 0 aliphatic heterocycles. The van der Waals surface area contributed by atoms with Crippen LogP contribution in [-0.2, 0) is 0 Å². The minimum atomic E-state index is 0.420. The van der Waals surface area contributed by atoms with Crippen LogP contribution in [0.25, 0.3) is 0 Å². The third-order valence-corrected chi connectivity index (χ3v) is 4.27. The van der Waals surface area contributed by atoms with Crippen LogP contribution in [-0.4, -0.2) is 12.8 Å². The second-order valence-electron chi connectivity index (χ2n) is 5.65. The molecule has 1 aliphatic carbocycles. The van der Waals surface area contributed by atoms with Gasteiger partial charge in [-0.1, -0.05) is 54.8 Å². The summed E-state index contributed by atoms with van der Waals surface area (Å²) in [6.07, 6.45) is 6.79. The first-order valence-electron chi connectivity index (χ1n) is 7.60. The monoisotopic (exact) mass is 267 g/mol. The normalized spacial score (nSPS) is 19.0. The molecular formula is C19H25N. The van der Waals surface area contributed by atoms with E-state index >= 15 is 0 Å². The molecule has 0 amide bonds. The molecule has 0 saturated carbocycles. The van der Waals surface area contributed by atoms with Gasteiger partial charge in [0.05, 0.1) is 0 Å². The molecule has 0 N–H and O–H groups in total. The van der Waals surface area contributed by atoms with E-state index in [-0.39, 0.29) is 0 Å². The smallest absolute Gasteiger partial charge is 0.0389 e. The first kappa shape index (κ1) is 14.8. The van der Waals surface area contributed by atoms with Crippen LogP contribution in [0.4, 0.5) is 0 Å². The third-order valence-electron chi connectivity index (χ3n) is 4.27. The molecule has 0 spiro atoms. The average molecular weight is 267 g/mol. The van der Waals surface area contributed by atoms with Crippen molar-refractivity contribution in [3.05, 3.63) is 58.2 Å². The Bertz CT molecular complexity index is 561. The van der Waals surface area contributed by atoms with Crippen molar-refractivity contribution in [1.29, 1.82) is 0 Å². The summed E-state index contributed by atoms with van der Waals surface area (Å²) in [5.74, 6) is 0.420. The van der Waals surface area contributed by atoms with Gasteiger partial charge in [-0.2, -0.15) is 0 Å². The second-order valence-corrected chi connectivity index (χ2v) is 5.65. The summed E-state index contributed by atoms with van der Waals surface area (Å²) in [4.78, 5) is 4.56. The van der Waals surface area contributed by atoms with Crippen molar-refractivity contribution in [2.24, 2.45) is 4.99 Å². The van der Waals surface area contributed by atoms with Crippen LogP contribution < -0.4 is 0 Å². The predicted octanol–water partition coefficient (Wildman–Crippen LogP) is 5.29. The van der Waals surface area contributed by atoms with Crippen molar-refractivity contribution in [3.63, 3.8) is 0 Å². The van der Waals surface area contributed by atoms with Crippen molar-refractivity contribution in [1.82, 2.24) is 0 Å². The maximum atomic E-state index is 4.56. The van der Waals surface area contributed by atoms with Crippen LogP contribution in [0.15, 0.2) is 52.1 Å². The zero-order valence-corrected chi connectivity index (χ0v) is 13.1. The lowest BCUT2D eigenvalue weighted by Crippen LogP contribution is -2.00. The van der Waals surface area contributed by atoms with E-state index in [2.05, 4.69) is 69.2 Å². The van der Waals surface area contributed by atoms with E-state index in [0.717, 1.165) is 6.54 Å². The van der Waals surface area contributed by atoms with Gasteiger partial charge in [0.1, 0.15) is 0 Å². The summed E-state index contributed by atoms with van der Waals surface area (Å²) in [6.45, 7) is 9.80. The highest BCUT2D eigenvalue weighted by atomic mass is 14.7. The molecule has 0 bridgehead atoms. The van der Waals surface area contributed by atoms with Gasteiger partial charge in [0, 0.05) is 18.7 Å². The molecule has 1 aliphatic rings. The Morgan fingerprint density at radius 3 is 2.55 bits per heavy atom. The van der Waals surface area contributed by atoms with Crippen molar-refractivity contribution < 1.29 is 0 Å². The number of aliphatic imine (C=N–C) groups is 1. The lowest BCUT2D eigenvalue weighted by molar-refractivity contribution is 0.810. The summed E-state index contributed by atoms with van der Waals surface area (Å²) in [5, 5.41) is 0. The highest BCUT2D eigenvalue weighted by Crippen LogP contribution is 2.38. The Balaban J connectivity index is 2.28. The van der Waals surface area contributed by atoms with Gasteiger partial charge in [-0.05, 0) is 43.9 Å². The van der Waals surface area contributed by atoms with E-state index in [1.165, 1.54) is 40.7 Å². The second kappa shape index (κ2) is 6.69. The minimum absolute atomic E-state index is 0.420. The average Bonchev–Trinajstić information content (AvgIpc) is 2.72. The summed E-state index contributed by atoms with van der Waals surface area (Å²) in [6, 6.07) is 8.64. The number of benzene rings is 1. The van der Waals surface area contributed by atoms with Gasteiger partial charge in [-0.3, -0.25) is 4.99 Å².